The number of carboxylic acid groups (broad SMARTS) is 1. The SMILES string of the molecule is CN(C(=O)N1CCCCCCC1)C1COCC1C(=O)O. The van der Waals surface area contributed by atoms with Gasteiger partial charge in [-0.2, -0.15) is 0 Å². The van der Waals surface area contributed by atoms with Crippen molar-refractivity contribution in [1.29, 1.82) is 0 Å². The molecule has 2 rings (SSSR count). The molecule has 20 heavy (non-hydrogen) atoms. The van der Waals surface area contributed by atoms with Gasteiger partial charge in [0.2, 0.25) is 0 Å². The number of hydrogen-bond acceptors (Lipinski definition) is 3. The Labute approximate surface area is 119 Å². The largest absolute Gasteiger partial charge is 0.481 e. The Hall–Kier alpha value is -1.30. The van der Waals surface area contributed by atoms with Crippen molar-refractivity contribution in [3.8, 4) is 0 Å². The van der Waals surface area contributed by atoms with E-state index in [0.717, 1.165) is 38.8 Å². The fourth-order valence-corrected chi connectivity index (χ4v) is 2.96. The molecule has 6 nitrogen and oxygen atoms in total. The normalized spacial score (nSPS) is 27.8. The van der Waals surface area contributed by atoms with Crippen molar-refractivity contribution in [3.05, 3.63) is 0 Å². The van der Waals surface area contributed by atoms with E-state index in [1.165, 1.54) is 6.42 Å². The van der Waals surface area contributed by atoms with Gasteiger partial charge in [-0.3, -0.25) is 4.79 Å². The zero-order chi connectivity index (χ0) is 14.5. The molecule has 0 aromatic heterocycles. The number of likely N-dealkylation sites (N-methyl/N-ethyl adjacent to an activating group) is 1. The fraction of sp³-hybridized carbons (Fsp3) is 0.857. The lowest BCUT2D eigenvalue weighted by Gasteiger charge is -2.33. The molecule has 2 atom stereocenters. The number of amides is 2. The van der Waals surface area contributed by atoms with Crippen LogP contribution in [0.15, 0.2) is 0 Å². The zero-order valence-corrected chi connectivity index (χ0v) is 12.1. The Morgan fingerprint density at radius 3 is 2.30 bits per heavy atom. The van der Waals surface area contributed by atoms with Crippen LogP contribution >= 0.6 is 0 Å². The molecule has 2 fully saturated rings. The average Bonchev–Trinajstić information content (AvgIpc) is 2.86. The first-order valence-electron chi connectivity index (χ1n) is 7.43. The molecule has 6 heteroatoms. The van der Waals surface area contributed by atoms with Crippen LogP contribution < -0.4 is 0 Å². The number of carbonyl (C=O) groups excluding carboxylic acids is 1. The Kier molecular flexibility index (Phi) is 5.23. The van der Waals surface area contributed by atoms with Crippen molar-refractivity contribution in [2.24, 2.45) is 5.92 Å². The standard InChI is InChI=1S/C14H24N2O4/c1-15(12-10-20-9-11(12)13(17)18)14(19)16-7-5-3-2-4-6-8-16/h11-12H,2-10H2,1H3,(H,17,18). The van der Waals surface area contributed by atoms with Gasteiger partial charge in [0, 0.05) is 20.1 Å². The van der Waals surface area contributed by atoms with Gasteiger partial charge < -0.3 is 19.6 Å². The molecule has 2 aliphatic heterocycles. The number of carbonyl (C=O) groups is 2. The molecule has 0 saturated carbocycles. The van der Waals surface area contributed by atoms with Crippen molar-refractivity contribution in [1.82, 2.24) is 9.80 Å². The molecule has 0 spiro atoms. The molecule has 2 unspecified atom stereocenters. The van der Waals surface area contributed by atoms with Gasteiger partial charge in [-0.25, -0.2) is 4.79 Å². The molecular formula is C14H24N2O4. The van der Waals surface area contributed by atoms with E-state index in [-0.39, 0.29) is 18.7 Å². The average molecular weight is 284 g/mol. The topological polar surface area (TPSA) is 70.1 Å². The van der Waals surface area contributed by atoms with Gasteiger partial charge in [-0.05, 0) is 12.8 Å². The number of likely N-dealkylation sites (tertiary alicyclic amines) is 1. The summed E-state index contributed by atoms with van der Waals surface area (Å²) in [6, 6.07) is -0.418. The Morgan fingerprint density at radius 1 is 1.10 bits per heavy atom. The van der Waals surface area contributed by atoms with Crippen molar-refractivity contribution in [2.75, 3.05) is 33.4 Å². The maximum absolute atomic E-state index is 12.5. The van der Waals surface area contributed by atoms with E-state index < -0.39 is 11.9 Å². The van der Waals surface area contributed by atoms with E-state index in [9.17, 15) is 14.7 Å². The highest BCUT2D eigenvalue weighted by molar-refractivity contribution is 5.77. The minimum Gasteiger partial charge on any atom is -0.481 e. The third-order valence-corrected chi connectivity index (χ3v) is 4.29. The summed E-state index contributed by atoms with van der Waals surface area (Å²) in [5.41, 5.74) is 0. The Balaban J connectivity index is 1.97. The second kappa shape index (κ2) is 6.92. The molecule has 2 heterocycles. The quantitative estimate of drug-likeness (QED) is 0.832. The second-order valence-electron chi connectivity index (χ2n) is 5.70. The van der Waals surface area contributed by atoms with Crippen LogP contribution in [-0.2, 0) is 9.53 Å². The van der Waals surface area contributed by atoms with E-state index >= 15 is 0 Å². The Bertz CT molecular complexity index is 353. The summed E-state index contributed by atoms with van der Waals surface area (Å²) in [6.07, 6.45) is 5.64. The summed E-state index contributed by atoms with van der Waals surface area (Å²) in [5, 5.41) is 9.18. The van der Waals surface area contributed by atoms with Gasteiger partial charge in [-0.1, -0.05) is 19.3 Å². The highest BCUT2D eigenvalue weighted by Crippen LogP contribution is 2.21. The van der Waals surface area contributed by atoms with Crippen LogP contribution in [0.1, 0.15) is 32.1 Å². The first kappa shape index (κ1) is 15.1. The lowest BCUT2D eigenvalue weighted by atomic mass is 10.0. The number of aliphatic carboxylic acids is 1. The van der Waals surface area contributed by atoms with E-state index in [1.54, 1.807) is 11.9 Å². The van der Waals surface area contributed by atoms with Crippen molar-refractivity contribution < 1.29 is 19.4 Å². The maximum Gasteiger partial charge on any atom is 0.320 e. The molecule has 0 bridgehead atoms. The summed E-state index contributed by atoms with van der Waals surface area (Å²) in [5.74, 6) is -1.50. The monoisotopic (exact) mass is 284 g/mol. The highest BCUT2D eigenvalue weighted by Gasteiger charge is 2.39. The van der Waals surface area contributed by atoms with Gasteiger partial charge in [-0.15, -0.1) is 0 Å². The first-order valence-corrected chi connectivity index (χ1v) is 7.43. The van der Waals surface area contributed by atoms with Gasteiger partial charge in [0.05, 0.1) is 19.3 Å². The number of hydrogen-bond donors (Lipinski definition) is 1. The van der Waals surface area contributed by atoms with E-state index in [0.29, 0.717) is 6.61 Å². The molecule has 2 amide bonds. The summed E-state index contributed by atoms with van der Waals surface area (Å²) in [6.45, 7) is 2.05. The summed E-state index contributed by atoms with van der Waals surface area (Å²) < 4.78 is 5.24. The van der Waals surface area contributed by atoms with Crippen LogP contribution in [0.5, 0.6) is 0 Å². The van der Waals surface area contributed by atoms with Gasteiger partial charge in [0.15, 0.2) is 0 Å². The minimum atomic E-state index is -0.889. The summed E-state index contributed by atoms with van der Waals surface area (Å²) >= 11 is 0. The third kappa shape index (κ3) is 3.42. The minimum absolute atomic E-state index is 0.0614. The number of ether oxygens (including phenoxy) is 1. The lowest BCUT2D eigenvalue weighted by molar-refractivity contribution is -0.142. The van der Waals surface area contributed by atoms with E-state index in [4.69, 9.17) is 4.74 Å². The predicted octanol–water partition coefficient (Wildman–Crippen LogP) is 1.40. The van der Waals surface area contributed by atoms with E-state index in [2.05, 4.69) is 0 Å². The molecule has 0 aromatic carbocycles. The molecule has 2 aliphatic rings. The smallest absolute Gasteiger partial charge is 0.320 e. The molecule has 2 saturated heterocycles. The summed E-state index contributed by atoms with van der Waals surface area (Å²) in [4.78, 5) is 27.1. The molecule has 114 valence electrons. The summed E-state index contributed by atoms with van der Waals surface area (Å²) in [7, 11) is 1.69. The highest BCUT2D eigenvalue weighted by atomic mass is 16.5. The van der Waals surface area contributed by atoms with Crippen LogP contribution in [0.4, 0.5) is 4.79 Å². The molecule has 0 radical (unpaired) electrons. The molecule has 0 aromatic rings. The van der Waals surface area contributed by atoms with Crippen molar-refractivity contribution in [2.45, 2.75) is 38.1 Å². The van der Waals surface area contributed by atoms with Crippen LogP contribution in [0.2, 0.25) is 0 Å². The van der Waals surface area contributed by atoms with Gasteiger partial charge in [0.25, 0.3) is 0 Å². The van der Waals surface area contributed by atoms with Crippen LogP contribution in [0.3, 0.4) is 0 Å². The Morgan fingerprint density at radius 2 is 1.70 bits per heavy atom. The van der Waals surface area contributed by atoms with Crippen molar-refractivity contribution >= 4 is 12.0 Å². The number of rotatable bonds is 2. The number of nitrogens with zero attached hydrogens (tertiary/aromatic N) is 2. The zero-order valence-electron chi connectivity index (χ0n) is 12.1. The molecule has 1 N–H and O–H groups in total. The second-order valence-corrected chi connectivity index (χ2v) is 5.70. The lowest BCUT2D eigenvalue weighted by Crippen LogP contribution is -2.50. The van der Waals surface area contributed by atoms with E-state index in [1.807, 2.05) is 4.90 Å². The first-order chi connectivity index (χ1) is 9.61. The van der Waals surface area contributed by atoms with Crippen LogP contribution in [0.25, 0.3) is 0 Å². The van der Waals surface area contributed by atoms with Crippen LogP contribution in [0, 0.1) is 5.92 Å². The third-order valence-electron chi connectivity index (χ3n) is 4.29. The molecular weight excluding hydrogens is 260 g/mol. The molecule has 0 aliphatic carbocycles. The van der Waals surface area contributed by atoms with Gasteiger partial charge >= 0.3 is 12.0 Å². The van der Waals surface area contributed by atoms with Crippen LogP contribution in [-0.4, -0.2) is 66.3 Å². The van der Waals surface area contributed by atoms with Gasteiger partial charge in [0.1, 0.15) is 5.92 Å². The fourth-order valence-electron chi connectivity index (χ4n) is 2.96. The number of urea groups is 1. The van der Waals surface area contributed by atoms with Crippen molar-refractivity contribution in [3.63, 3.8) is 0 Å². The number of carboxylic acids is 1. The predicted molar refractivity (Wildman–Crippen MR) is 73.5 cm³/mol. The maximum atomic E-state index is 12.5.